The molecule has 5 nitrogen and oxygen atoms in total. The lowest BCUT2D eigenvalue weighted by molar-refractivity contribution is -0.117. The third-order valence-electron chi connectivity index (χ3n) is 2.93. The molecule has 0 bridgehead atoms. The van der Waals surface area contributed by atoms with Crippen molar-refractivity contribution in [2.24, 2.45) is 0 Å². The average Bonchev–Trinajstić information content (AvgIpc) is 2.71. The van der Waals surface area contributed by atoms with Crippen molar-refractivity contribution in [1.29, 1.82) is 0 Å². The van der Waals surface area contributed by atoms with Crippen molar-refractivity contribution in [3.05, 3.63) is 24.0 Å². The van der Waals surface area contributed by atoms with Crippen molar-refractivity contribution in [1.82, 2.24) is 0 Å². The average molecular weight is 308 g/mol. The second kappa shape index (κ2) is 4.97. The predicted molar refractivity (Wildman–Crippen MR) is 68.5 cm³/mol. The number of halogens is 2. The highest BCUT2D eigenvalue weighted by molar-refractivity contribution is 8.14. The Kier molecular flexibility index (Phi) is 3.69. The van der Waals surface area contributed by atoms with Gasteiger partial charge in [0.25, 0.3) is 0 Å². The topological polar surface area (TPSA) is 63.7 Å². The summed E-state index contributed by atoms with van der Waals surface area (Å²) in [5.74, 6) is -0.972. The van der Waals surface area contributed by atoms with Crippen LogP contribution < -0.4 is 9.64 Å². The zero-order chi connectivity index (χ0) is 14.2. The van der Waals surface area contributed by atoms with Crippen LogP contribution >= 0.6 is 10.7 Å². The van der Waals surface area contributed by atoms with Gasteiger partial charge in [0.15, 0.2) is 11.6 Å². The van der Waals surface area contributed by atoms with E-state index in [1.54, 1.807) is 0 Å². The molecule has 104 valence electrons. The van der Waals surface area contributed by atoms with E-state index in [0.29, 0.717) is 0 Å². The fourth-order valence-corrected chi connectivity index (χ4v) is 2.96. The number of rotatable bonds is 3. The number of methoxy groups -OCH3 is 1. The summed E-state index contributed by atoms with van der Waals surface area (Å²) in [6.07, 6.45) is -0.195. The van der Waals surface area contributed by atoms with Crippen LogP contribution in [0.5, 0.6) is 5.75 Å². The van der Waals surface area contributed by atoms with Crippen LogP contribution in [0.4, 0.5) is 10.1 Å². The van der Waals surface area contributed by atoms with Crippen molar-refractivity contribution in [3.8, 4) is 5.75 Å². The molecule has 1 heterocycles. The van der Waals surface area contributed by atoms with Gasteiger partial charge in [0.05, 0.1) is 7.11 Å². The van der Waals surface area contributed by atoms with Crippen molar-refractivity contribution >= 4 is 31.3 Å². The molecule has 2 rings (SSSR count). The fourth-order valence-electron chi connectivity index (χ4n) is 1.94. The van der Waals surface area contributed by atoms with Gasteiger partial charge in [0, 0.05) is 35.4 Å². The van der Waals surface area contributed by atoms with Gasteiger partial charge in [-0.3, -0.25) is 4.79 Å². The first-order valence-electron chi connectivity index (χ1n) is 5.40. The third-order valence-corrected chi connectivity index (χ3v) is 4.80. The predicted octanol–water partition coefficient (Wildman–Crippen LogP) is 1.51. The summed E-state index contributed by atoms with van der Waals surface area (Å²) in [6.45, 7) is -0.0730. The van der Waals surface area contributed by atoms with E-state index in [1.807, 2.05) is 0 Å². The monoisotopic (exact) mass is 307 g/mol. The Morgan fingerprint density at radius 1 is 1.47 bits per heavy atom. The van der Waals surface area contributed by atoms with Crippen LogP contribution in [0.15, 0.2) is 18.2 Å². The molecule has 1 aliphatic heterocycles. The second-order valence-electron chi connectivity index (χ2n) is 4.12. The van der Waals surface area contributed by atoms with Gasteiger partial charge < -0.3 is 9.64 Å². The van der Waals surface area contributed by atoms with E-state index >= 15 is 0 Å². The Morgan fingerprint density at radius 3 is 2.63 bits per heavy atom. The molecule has 1 atom stereocenters. The number of ether oxygens (including phenoxy) is 1. The number of hydrogen-bond donors (Lipinski definition) is 0. The molecule has 1 amide bonds. The van der Waals surface area contributed by atoms with Gasteiger partial charge in [-0.15, -0.1) is 0 Å². The largest absolute Gasteiger partial charge is 0.494 e. The first kappa shape index (κ1) is 14.1. The van der Waals surface area contributed by atoms with E-state index in [9.17, 15) is 17.6 Å². The SMILES string of the molecule is COc1ccc(N2CC(S(=O)(=O)Cl)CC2=O)cc1F. The molecule has 1 unspecified atom stereocenters. The van der Waals surface area contributed by atoms with Gasteiger partial charge in [0.1, 0.15) is 5.25 Å². The van der Waals surface area contributed by atoms with Gasteiger partial charge in [-0.1, -0.05) is 0 Å². The van der Waals surface area contributed by atoms with E-state index in [-0.39, 0.29) is 24.4 Å². The van der Waals surface area contributed by atoms with E-state index in [1.165, 1.54) is 24.1 Å². The van der Waals surface area contributed by atoms with Crippen LogP contribution in [-0.2, 0) is 13.8 Å². The maximum atomic E-state index is 13.6. The van der Waals surface area contributed by atoms with Gasteiger partial charge in [-0.05, 0) is 12.1 Å². The minimum atomic E-state index is -3.81. The normalized spacial score (nSPS) is 19.8. The van der Waals surface area contributed by atoms with Crippen LogP contribution in [0.1, 0.15) is 6.42 Å². The summed E-state index contributed by atoms with van der Waals surface area (Å²) in [5, 5.41) is -0.966. The third kappa shape index (κ3) is 2.82. The first-order valence-corrected chi connectivity index (χ1v) is 7.77. The molecule has 0 radical (unpaired) electrons. The van der Waals surface area contributed by atoms with Gasteiger partial charge >= 0.3 is 0 Å². The van der Waals surface area contributed by atoms with Crippen molar-refractivity contribution in [3.63, 3.8) is 0 Å². The summed E-state index contributed by atoms with van der Waals surface area (Å²) in [5.41, 5.74) is 0.283. The highest BCUT2D eigenvalue weighted by atomic mass is 35.7. The number of hydrogen-bond acceptors (Lipinski definition) is 4. The molecule has 0 N–H and O–H groups in total. The van der Waals surface area contributed by atoms with Crippen LogP contribution in [0.3, 0.4) is 0 Å². The van der Waals surface area contributed by atoms with Gasteiger partial charge in [-0.2, -0.15) is 0 Å². The maximum absolute atomic E-state index is 13.6. The fraction of sp³-hybridized carbons (Fsp3) is 0.364. The Hall–Kier alpha value is -1.34. The number of carbonyl (C=O) groups excluding carboxylic acids is 1. The lowest BCUT2D eigenvalue weighted by Gasteiger charge is -2.16. The maximum Gasteiger partial charge on any atom is 0.237 e. The van der Waals surface area contributed by atoms with Crippen LogP contribution in [0.2, 0.25) is 0 Å². The van der Waals surface area contributed by atoms with E-state index in [0.717, 1.165) is 6.07 Å². The Morgan fingerprint density at radius 2 is 2.16 bits per heavy atom. The number of anilines is 1. The molecule has 0 aromatic heterocycles. The van der Waals surface area contributed by atoms with E-state index in [4.69, 9.17) is 15.4 Å². The highest BCUT2D eigenvalue weighted by Crippen LogP contribution is 2.29. The smallest absolute Gasteiger partial charge is 0.237 e. The molecule has 8 heteroatoms. The molecule has 0 aliphatic carbocycles. The van der Waals surface area contributed by atoms with Crippen molar-refractivity contribution in [2.45, 2.75) is 11.7 Å². The van der Waals surface area contributed by atoms with Crippen molar-refractivity contribution < 1.29 is 22.3 Å². The van der Waals surface area contributed by atoms with Crippen molar-refractivity contribution in [2.75, 3.05) is 18.6 Å². The Bertz CT molecular complexity index is 619. The molecule has 19 heavy (non-hydrogen) atoms. The van der Waals surface area contributed by atoms with E-state index < -0.39 is 26.0 Å². The summed E-state index contributed by atoms with van der Waals surface area (Å²) in [7, 11) is 2.76. The first-order chi connectivity index (χ1) is 8.82. The van der Waals surface area contributed by atoms with Crippen LogP contribution in [-0.4, -0.2) is 33.2 Å². The summed E-state index contributed by atoms with van der Waals surface area (Å²) in [6, 6.07) is 3.99. The van der Waals surface area contributed by atoms with Gasteiger partial charge in [-0.25, -0.2) is 12.8 Å². The van der Waals surface area contributed by atoms with Gasteiger partial charge in [0.2, 0.25) is 15.0 Å². The number of carbonyl (C=O) groups is 1. The quantitative estimate of drug-likeness (QED) is 0.794. The standard InChI is InChI=1S/C11H11ClFNO4S/c1-18-10-3-2-7(4-9(10)13)14-6-8(5-11(14)15)19(12,16)17/h2-4,8H,5-6H2,1H3. The minimum absolute atomic E-state index is 0.0527. The number of nitrogens with zero attached hydrogens (tertiary/aromatic N) is 1. The number of benzene rings is 1. The summed E-state index contributed by atoms with van der Waals surface area (Å²) < 4.78 is 40.8. The summed E-state index contributed by atoms with van der Waals surface area (Å²) >= 11 is 0. The van der Waals surface area contributed by atoms with Crippen LogP contribution in [0.25, 0.3) is 0 Å². The molecule has 1 aromatic rings. The Labute approximate surface area is 114 Å². The summed E-state index contributed by atoms with van der Waals surface area (Å²) in [4.78, 5) is 12.9. The lowest BCUT2D eigenvalue weighted by atomic mass is 10.2. The molecule has 1 fully saturated rings. The zero-order valence-electron chi connectivity index (χ0n) is 9.97. The molecular weight excluding hydrogens is 297 g/mol. The molecule has 1 saturated heterocycles. The minimum Gasteiger partial charge on any atom is -0.494 e. The molecule has 0 spiro atoms. The highest BCUT2D eigenvalue weighted by Gasteiger charge is 2.38. The van der Waals surface area contributed by atoms with E-state index in [2.05, 4.69) is 0 Å². The zero-order valence-corrected chi connectivity index (χ0v) is 11.5. The second-order valence-corrected chi connectivity index (χ2v) is 7.03. The molecule has 1 aromatic carbocycles. The molecule has 1 aliphatic rings. The van der Waals surface area contributed by atoms with Crippen LogP contribution in [0, 0.1) is 5.82 Å². The number of amides is 1. The molecule has 0 saturated carbocycles. The molecular formula is C11H11ClFNO4S. The Balaban J connectivity index is 2.28. The lowest BCUT2D eigenvalue weighted by Crippen LogP contribution is -2.26.